The Morgan fingerprint density at radius 2 is 2.00 bits per heavy atom. The average molecular weight is 304 g/mol. The van der Waals surface area contributed by atoms with E-state index in [9.17, 15) is 8.78 Å². The van der Waals surface area contributed by atoms with Crippen LogP contribution in [-0.2, 0) is 6.61 Å². The predicted octanol–water partition coefficient (Wildman–Crippen LogP) is 3.37. The minimum atomic E-state index is -0.538. The second-order valence-corrected chi connectivity index (χ2v) is 6.49. The summed E-state index contributed by atoms with van der Waals surface area (Å²) >= 11 is 0. The SMILES string of the molecule is CC1(C)CN(c2ncc(-c3cccc(CO)c3F)cc2F)C1. The number of hydrogen-bond acceptors (Lipinski definition) is 3. The van der Waals surface area contributed by atoms with E-state index in [-0.39, 0.29) is 16.5 Å². The van der Waals surface area contributed by atoms with Crippen molar-refractivity contribution >= 4 is 5.82 Å². The zero-order valence-corrected chi connectivity index (χ0v) is 12.6. The molecule has 0 aliphatic carbocycles. The lowest BCUT2D eigenvalue weighted by atomic mass is 9.84. The number of halogens is 2. The van der Waals surface area contributed by atoms with Gasteiger partial charge in [0.15, 0.2) is 11.6 Å². The molecule has 22 heavy (non-hydrogen) atoms. The smallest absolute Gasteiger partial charge is 0.166 e. The lowest BCUT2D eigenvalue weighted by Gasteiger charge is -2.46. The highest BCUT2D eigenvalue weighted by atomic mass is 19.1. The largest absolute Gasteiger partial charge is 0.392 e. The number of anilines is 1. The Balaban J connectivity index is 1.93. The summed E-state index contributed by atoms with van der Waals surface area (Å²) in [7, 11) is 0. The van der Waals surface area contributed by atoms with Crippen LogP contribution in [0.15, 0.2) is 30.5 Å². The van der Waals surface area contributed by atoms with E-state index >= 15 is 0 Å². The second-order valence-electron chi connectivity index (χ2n) is 6.49. The summed E-state index contributed by atoms with van der Waals surface area (Å²) in [5, 5.41) is 9.11. The first-order chi connectivity index (χ1) is 10.4. The van der Waals surface area contributed by atoms with E-state index in [2.05, 4.69) is 18.8 Å². The van der Waals surface area contributed by atoms with Crippen molar-refractivity contribution < 1.29 is 13.9 Å². The first kappa shape index (κ1) is 14.9. The fraction of sp³-hybridized carbons (Fsp3) is 0.353. The normalized spacial score (nSPS) is 16.5. The molecule has 0 saturated carbocycles. The first-order valence-electron chi connectivity index (χ1n) is 7.20. The van der Waals surface area contributed by atoms with Gasteiger partial charge in [-0.1, -0.05) is 32.0 Å². The van der Waals surface area contributed by atoms with Crippen molar-refractivity contribution in [3.8, 4) is 11.1 Å². The van der Waals surface area contributed by atoms with Crippen LogP contribution in [0.4, 0.5) is 14.6 Å². The highest BCUT2D eigenvalue weighted by molar-refractivity contribution is 5.66. The molecule has 1 aliphatic heterocycles. The monoisotopic (exact) mass is 304 g/mol. The van der Waals surface area contributed by atoms with Gasteiger partial charge >= 0.3 is 0 Å². The Labute approximate surface area is 128 Å². The molecule has 2 aromatic rings. The van der Waals surface area contributed by atoms with Crippen LogP contribution in [0.5, 0.6) is 0 Å². The van der Waals surface area contributed by atoms with Crippen LogP contribution in [0.25, 0.3) is 11.1 Å². The van der Waals surface area contributed by atoms with E-state index in [1.165, 1.54) is 18.3 Å². The standard InChI is InChI=1S/C17H18F2N2O/c1-17(2)9-21(10-17)16-14(18)6-12(7-20-16)13-5-3-4-11(8-22)15(13)19/h3-7,22H,8-10H2,1-2H3. The molecule has 5 heteroatoms. The van der Waals surface area contributed by atoms with E-state index in [1.807, 2.05) is 4.90 Å². The quantitative estimate of drug-likeness (QED) is 0.944. The lowest BCUT2D eigenvalue weighted by molar-refractivity contribution is 0.272. The molecule has 2 heterocycles. The maximum Gasteiger partial charge on any atom is 0.166 e. The van der Waals surface area contributed by atoms with Gasteiger partial charge in [0.25, 0.3) is 0 Å². The molecule has 0 bridgehead atoms. The minimum absolute atomic E-state index is 0.175. The van der Waals surface area contributed by atoms with E-state index in [1.54, 1.807) is 12.1 Å². The van der Waals surface area contributed by atoms with Crippen LogP contribution in [0, 0.1) is 17.0 Å². The Morgan fingerprint density at radius 1 is 1.27 bits per heavy atom. The van der Waals surface area contributed by atoms with Crippen LogP contribution in [-0.4, -0.2) is 23.2 Å². The topological polar surface area (TPSA) is 36.4 Å². The number of aliphatic hydroxyl groups is 1. The Bertz CT molecular complexity index is 708. The number of rotatable bonds is 3. The van der Waals surface area contributed by atoms with Gasteiger partial charge in [-0.25, -0.2) is 13.8 Å². The number of aliphatic hydroxyl groups excluding tert-OH is 1. The van der Waals surface area contributed by atoms with Crippen molar-refractivity contribution in [3.05, 3.63) is 47.7 Å². The third-order valence-corrected chi connectivity index (χ3v) is 3.92. The van der Waals surface area contributed by atoms with Gasteiger partial charge in [0.1, 0.15) is 5.82 Å². The maximum atomic E-state index is 14.3. The van der Waals surface area contributed by atoms with Crippen LogP contribution in [0.3, 0.4) is 0 Å². The fourth-order valence-electron chi connectivity index (χ4n) is 2.87. The van der Waals surface area contributed by atoms with E-state index in [4.69, 9.17) is 5.11 Å². The molecule has 1 saturated heterocycles. The highest BCUT2D eigenvalue weighted by Crippen LogP contribution is 2.35. The predicted molar refractivity (Wildman–Crippen MR) is 81.5 cm³/mol. The molecule has 0 spiro atoms. The van der Waals surface area contributed by atoms with Crippen molar-refractivity contribution in [2.45, 2.75) is 20.5 Å². The fourth-order valence-corrected chi connectivity index (χ4v) is 2.87. The number of nitrogens with zero attached hydrogens (tertiary/aromatic N) is 2. The molecule has 0 atom stereocenters. The summed E-state index contributed by atoms with van der Waals surface area (Å²) in [6, 6.07) is 5.98. The molecule has 1 fully saturated rings. The minimum Gasteiger partial charge on any atom is -0.392 e. The average Bonchev–Trinajstić information content (AvgIpc) is 2.45. The lowest BCUT2D eigenvalue weighted by Crippen LogP contribution is -2.53. The summed E-state index contributed by atoms with van der Waals surface area (Å²) in [6.07, 6.45) is 1.48. The van der Waals surface area contributed by atoms with Crippen LogP contribution < -0.4 is 4.90 Å². The summed E-state index contributed by atoms with van der Waals surface area (Å²) in [4.78, 5) is 6.04. The molecule has 116 valence electrons. The molecular weight excluding hydrogens is 286 g/mol. The molecule has 3 nitrogen and oxygen atoms in total. The summed E-state index contributed by atoms with van der Waals surface area (Å²) in [5.41, 5.74) is 0.975. The van der Waals surface area contributed by atoms with Crippen molar-refractivity contribution in [1.82, 2.24) is 4.98 Å². The number of pyridine rings is 1. The number of hydrogen-bond donors (Lipinski definition) is 1. The molecule has 0 radical (unpaired) electrons. The van der Waals surface area contributed by atoms with Gasteiger partial charge in [-0.05, 0) is 11.5 Å². The third kappa shape index (κ3) is 2.57. The zero-order valence-electron chi connectivity index (χ0n) is 12.6. The van der Waals surface area contributed by atoms with Crippen LogP contribution in [0.1, 0.15) is 19.4 Å². The molecule has 1 aliphatic rings. The third-order valence-electron chi connectivity index (χ3n) is 3.92. The number of aromatic nitrogens is 1. The van der Waals surface area contributed by atoms with Crippen LogP contribution in [0.2, 0.25) is 0 Å². The molecule has 3 rings (SSSR count). The Kier molecular flexibility index (Phi) is 3.60. The van der Waals surface area contributed by atoms with Gasteiger partial charge < -0.3 is 10.0 Å². The molecule has 1 aromatic heterocycles. The van der Waals surface area contributed by atoms with Crippen molar-refractivity contribution in [2.75, 3.05) is 18.0 Å². The van der Waals surface area contributed by atoms with E-state index in [0.717, 1.165) is 13.1 Å². The number of benzene rings is 1. The summed E-state index contributed by atoms with van der Waals surface area (Å²) < 4.78 is 28.5. The van der Waals surface area contributed by atoms with Gasteiger partial charge in [-0.3, -0.25) is 0 Å². The van der Waals surface area contributed by atoms with Gasteiger partial charge in [-0.2, -0.15) is 0 Å². The Hall–Kier alpha value is -2.01. The van der Waals surface area contributed by atoms with Gasteiger partial charge in [0.2, 0.25) is 0 Å². The van der Waals surface area contributed by atoms with E-state index in [0.29, 0.717) is 11.4 Å². The molecule has 1 aromatic carbocycles. The van der Waals surface area contributed by atoms with Crippen LogP contribution >= 0.6 is 0 Å². The zero-order chi connectivity index (χ0) is 15.9. The van der Waals surface area contributed by atoms with Gasteiger partial charge in [0, 0.05) is 36.0 Å². The first-order valence-corrected chi connectivity index (χ1v) is 7.20. The maximum absolute atomic E-state index is 14.3. The molecule has 0 amide bonds. The van der Waals surface area contributed by atoms with Gasteiger partial charge in [-0.15, -0.1) is 0 Å². The van der Waals surface area contributed by atoms with Gasteiger partial charge in [0.05, 0.1) is 6.61 Å². The molecular formula is C17H18F2N2O. The Morgan fingerprint density at radius 3 is 2.59 bits per heavy atom. The molecule has 0 unspecified atom stereocenters. The van der Waals surface area contributed by atoms with E-state index < -0.39 is 18.2 Å². The summed E-state index contributed by atoms with van der Waals surface area (Å²) in [6.45, 7) is 5.35. The highest BCUT2D eigenvalue weighted by Gasteiger charge is 2.36. The summed E-state index contributed by atoms with van der Waals surface area (Å²) in [5.74, 6) is -0.687. The van der Waals surface area contributed by atoms with Crippen molar-refractivity contribution in [2.24, 2.45) is 5.41 Å². The second kappa shape index (κ2) is 5.32. The molecule has 1 N–H and O–H groups in total. The van der Waals surface area contributed by atoms with Crippen molar-refractivity contribution in [1.29, 1.82) is 0 Å². The van der Waals surface area contributed by atoms with Crippen molar-refractivity contribution in [3.63, 3.8) is 0 Å².